The molecule has 0 radical (unpaired) electrons. The van der Waals surface area contributed by atoms with E-state index >= 15 is 0 Å². The van der Waals surface area contributed by atoms with E-state index in [0.29, 0.717) is 29.0 Å². The van der Waals surface area contributed by atoms with E-state index < -0.39 is 0 Å². The van der Waals surface area contributed by atoms with Gasteiger partial charge in [0.1, 0.15) is 11.4 Å². The van der Waals surface area contributed by atoms with Crippen molar-refractivity contribution in [3.63, 3.8) is 0 Å². The van der Waals surface area contributed by atoms with Gasteiger partial charge in [-0.25, -0.2) is 13.9 Å². The summed E-state index contributed by atoms with van der Waals surface area (Å²) >= 11 is 0. The second-order valence-electron chi connectivity index (χ2n) is 5.11. The lowest BCUT2D eigenvalue weighted by molar-refractivity contribution is 0.0951. The summed E-state index contributed by atoms with van der Waals surface area (Å²) in [4.78, 5) is 16.6. The van der Waals surface area contributed by atoms with Crippen molar-refractivity contribution in [2.45, 2.75) is 20.4 Å². The molecular weight excluding hydrogens is 283 g/mol. The predicted octanol–water partition coefficient (Wildman–Crippen LogP) is 2.42. The second kappa shape index (κ2) is 5.55. The van der Waals surface area contributed by atoms with Crippen LogP contribution in [0.15, 0.2) is 36.7 Å². The normalized spacial score (nSPS) is 10.9. The number of nitrogens with one attached hydrogen (secondary N) is 1. The Hall–Kier alpha value is -2.76. The zero-order valence-electron chi connectivity index (χ0n) is 12.3. The molecule has 0 saturated heterocycles. The van der Waals surface area contributed by atoms with Crippen LogP contribution in [0.3, 0.4) is 0 Å². The summed E-state index contributed by atoms with van der Waals surface area (Å²) in [5, 5.41) is 7.08. The van der Waals surface area contributed by atoms with Crippen LogP contribution < -0.4 is 5.32 Å². The highest BCUT2D eigenvalue weighted by Crippen LogP contribution is 2.13. The Kier molecular flexibility index (Phi) is 3.58. The minimum absolute atomic E-state index is 0.242. The lowest BCUT2D eigenvalue weighted by Gasteiger charge is -2.06. The van der Waals surface area contributed by atoms with Crippen molar-refractivity contribution in [3.05, 3.63) is 64.9 Å². The molecule has 0 unspecified atom stereocenters. The van der Waals surface area contributed by atoms with Gasteiger partial charge in [0.25, 0.3) is 5.91 Å². The fourth-order valence-electron chi connectivity index (χ4n) is 2.35. The van der Waals surface area contributed by atoms with Crippen molar-refractivity contribution in [2.24, 2.45) is 0 Å². The first-order valence-electron chi connectivity index (χ1n) is 6.89. The zero-order valence-corrected chi connectivity index (χ0v) is 12.3. The maximum Gasteiger partial charge on any atom is 0.257 e. The highest BCUT2D eigenvalue weighted by molar-refractivity contribution is 6.00. The minimum Gasteiger partial charge on any atom is -0.348 e. The number of aryl methyl sites for hydroxylation is 2. The summed E-state index contributed by atoms with van der Waals surface area (Å²) in [5.74, 6) is -0.495. The second-order valence-corrected chi connectivity index (χ2v) is 5.11. The summed E-state index contributed by atoms with van der Waals surface area (Å²) in [6, 6.07) is 6.53. The van der Waals surface area contributed by atoms with Gasteiger partial charge < -0.3 is 5.32 Å². The Bertz CT molecular complexity index is 856. The molecule has 5 nitrogen and oxygen atoms in total. The Morgan fingerprint density at radius 3 is 2.95 bits per heavy atom. The summed E-state index contributed by atoms with van der Waals surface area (Å²) in [7, 11) is 0. The molecule has 0 saturated carbocycles. The van der Waals surface area contributed by atoms with Gasteiger partial charge in [-0.1, -0.05) is 12.1 Å². The Labute approximate surface area is 126 Å². The van der Waals surface area contributed by atoms with Gasteiger partial charge in [0.15, 0.2) is 5.65 Å². The van der Waals surface area contributed by atoms with Crippen molar-refractivity contribution in [3.8, 4) is 0 Å². The van der Waals surface area contributed by atoms with Gasteiger partial charge in [-0.05, 0) is 37.1 Å². The van der Waals surface area contributed by atoms with Gasteiger partial charge in [-0.2, -0.15) is 5.10 Å². The van der Waals surface area contributed by atoms with Crippen LogP contribution in [-0.2, 0) is 6.54 Å². The molecule has 0 spiro atoms. The monoisotopic (exact) mass is 298 g/mol. The molecule has 6 heteroatoms. The van der Waals surface area contributed by atoms with Crippen molar-refractivity contribution >= 4 is 11.6 Å². The van der Waals surface area contributed by atoms with Gasteiger partial charge in [0, 0.05) is 18.9 Å². The van der Waals surface area contributed by atoms with Crippen LogP contribution in [0.4, 0.5) is 4.39 Å². The van der Waals surface area contributed by atoms with Gasteiger partial charge in [-0.3, -0.25) is 4.79 Å². The first-order chi connectivity index (χ1) is 10.6. The third kappa shape index (κ3) is 2.55. The number of carbonyl (C=O) groups excluding carboxylic acids is 1. The van der Waals surface area contributed by atoms with E-state index in [4.69, 9.17) is 0 Å². The highest BCUT2D eigenvalue weighted by Gasteiger charge is 2.17. The molecule has 1 aromatic carbocycles. The van der Waals surface area contributed by atoms with Crippen LogP contribution in [-0.4, -0.2) is 20.5 Å². The van der Waals surface area contributed by atoms with Crippen molar-refractivity contribution in [1.29, 1.82) is 0 Å². The molecule has 0 fully saturated rings. The Balaban J connectivity index is 1.81. The van der Waals surface area contributed by atoms with E-state index in [2.05, 4.69) is 15.4 Å². The topological polar surface area (TPSA) is 59.3 Å². The van der Waals surface area contributed by atoms with Gasteiger partial charge in [-0.15, -0.1) is 0 Å². The molecule has 2 aromatic heterocycles. The summed E-state index contributed by atoms with van der Waals surface area (Å²) < 4.78 is 14.8. The van der Waals surface area contributed by atoms with Crippen molar-refractivity contribution < 1.29 is 9.18 Å². The minimum atomic E-state index is -0.252. The van der Waals surface area contributed by atoms with Gasteiger partial charge >= 0.3 is 0 Å². The summed E-state index contributed by atoms with van der Waals surface area (Å²) in [6.45, 7) is 3.79. The molecule has 22 heavy (non-hydrogen) atoms. The number of fused-ring (bicyclic) bond motifs is 1. The van der Waals surface area contributed by atoms with Crippen LogP contribution in [0.25, 0.3) is 5.65 Å². The molecule has 0 aliphatic heterocycles. The van der Waals surface area contributed by atoms with E-state index in [1.54, 1.807) is 49.0 Å². The third-order valence-corrected chi connectivity index (χ3v) is 3.47. The highest BCUT2D eigenvalue weighted by atomic mass is 19.1. The molecule has 3 rings (SSSR count). The fourth-order valence-corrected chi connectivity index (χ4v) is 2.35. The van der Waals surface area contributed by atoms with Gasteiger partial charge in [0.2, 0.25) is 0 Å². The van der Waals surface area contributed by atoms with E-state index in [-0.39, 0.29) is 11.7 Å². The number of carbonyl (C=O) groups is 1. The molecule has 0 aliphatic rings. The van der Waals surface area contributed by atoms with Crippen molar-refractivity contribution in [1.82, 2.24) is 19.9 Å². The molecule has 0 aliphatic carbocycles. The van der Waals surface area contributed by atoms with E-state index in [1.807, 2.05) is 0 Å². The first kappa shape index (κ1) is 14.2. The lowest BCUT2D eigenvalue weighted by atomic mass is 10.1. The number of amides is 1. The van der Waals surface area contributed by atoms with Crippen LogP contribution in [0.5, 0.6) is 0 Å². The molecule has 1 amide bonds. The SMILES string of the molecule is Cc1cc(CNC(=O)c2c(C)nn3cccnc23)ccc1F. The maximum absolute atomic E-state index is 13.2. The lowest BCUT2D eigenvalue weighted by Crippen LogP contribution is -2.23. The van der Waals surface area contributed by atoms with E-state index in [0.717, 1.165) is 5.56 Å². The van der Waals surface area contributed by atoms with Crippen molar-refractivity contribution in [2.75, 3.05) is 0 Å². The summed E-state index contributed by atoms with van der Waals surface area (Å²) in [5.41, 5.74) is 2.99. The first-order valence-corrected chi connectivity index (χ1v) is 6.89. The molecule has 3 aromatic rings. The number of hydrogen-bond acceptors (Lipinski definition) is 3. The predicted molar refractivity (Wildman–Crippen MR) is 80.0 cm³/mol. The van der Waals surface area contributed by atoms with Crippen LogP contribution in [0, 0.1) is 19.7 Å². The Morgan fingerprint density at radius 2 is 2.18 bits per heavy atom. The molecule has 1 N–H and O–H groups in total. The molecular formula is C16H15FN4O. The van der Waals surface area contributed by atoms with E-state index in [1.165, 1.54) is 6.07 Å². The molecule has 0 bridgehead atoms. The average molecular weight is 298 g/mol. The van der Waals surface area contributed by atoms with Crippen LogP contribution in [0.1, 0.15) is 27.2 Å². The number of nitrogens with zero attached hydrogens (tertiary/aromatic N) is 3. The number of benzene rings is 1. The number of halogens is 1. The number of aromatic nitrogens is 3. The standard InChI is InChI=1S/C16H15FN4O/c1-10-8-12(4-5-13(10)17)9-19-16(22)14-11(2)20-21-7-3-6-18-15(14)21/h3-8H,9H2,1-2H3,(H,19,22). The molecule has 112 valence electrons. The quantitative estimate of drug-likeness (QED) is 0.808. The molecule has 0 atom stereocenters. The van der Waals surface area contributed by atoms with Crippen LogP contribution in [0.2, 0.25) is 0 Å². The maximum atomic E-state index is 13.2. The average Bonchev–Trinajstić information content (AvgIpc) is 2.84. The zero-order chi connectivity index (χ0) is 15.7. The third-order valence-electron chi connectivity index (χ3n) is 3.47. The smallest absolute Gasteiger partial charge is 0.257 e. The molecule has 2 heterocycles. The van der Waals surface area contributed by atoms with Crippen LogP contribution >= 0.6 is 0 Å². The largest absolute Gasteiger partial charge is 0.348 e. The number of rotatable bonds is 3. The Morgan fingerprint density at radius 1 is 1.36 bits per heavy atom. The van der Waals surface area contributed by atoms with Gasteiger partial charge in [0.05, 0.1) is 5.69 Å². The fraction of sp³-hybridized carbons (Fsp3) is 0.188. The van der Waals surface area contributed by atoms with E-state index in [9.17, 15) is 9.18 Å². The summed E-state index contributed by atoms with van der Waals surface area (Å²) in [6.07, 6.45) is 3.37. The number of hydrogen-bond donors (Lipinski definition) is 1.